The van der Waals surface area contributed by atoms with E-state index in [9.17, 15) is 12.8 Å². The van der Waals surface area contributed by atoms with Gasteiger partial charge >= 0.3 is 0 Å². The summed E-state index contributed by atoms with van der Waals surface area (Å²) < 4.78 is 50.8. The van der Waals surface area contributed by atoms with Crippen molar-refractivity contribution in [2.75, 3.05) is 14.2 Å². The minimum Gasteiger partial charge on any atom is -0.496 e. The molecule has 118 valence electrons. The van der Waals surface area contributed by atoms with Gasteiger partial charge in [-0.1, -0.05) is 18.2 Å². The normalized spacial score (nSPS) is 11.2. The zero-order valence-electron chi connectivity index (χ0n) is 12.2. The highest BCUT2D eigenvalue weighted by Crippen LogP contribution is 2.28. The molecule has 0 atom stereocenters. The van der Waals surface area contributed by atoms with Crippen LogP contribution in [0.2, 0.25) is 0 Å². The van der Waals surface area contributed by atoms with Crippen LogP contribution in [-0.2, 0) is 16.6 Å². The van der Waals surface area contributed by atoms with Crippen molar-refractivity contribution in [1.82, 2.24) is 4.72 Å². The largest absolute Gasteiger partial charge is 0.496 e. The molecule has 5 nitrogen and oxygen atoms in total. The van der Waals surface area contributed by atoms with Gasteiger partial charge in [0.2, 0.25) is 10.0 Å². The number of hydrogen-bond donors (Lipinski definition) is 1. The highest BCUT2D eigenvalue weighted by Gasteiger charge is 2.20. The van der Waals surface area contributed by atoms with E-state index in [-0.39, 0.29) is 6.54 Å². The van der Waals surface area contributed by atoms with Gasteiger partial charge in [-0.25, -0.2) is 17.5 Å². The summed E-state index contributed by atoms with van der Waals surface area (Å²) in [7, 11) is -1.02. The van der Waals surface area contributed by atoms with Crippen LogP contribution in [0.4, 0.5) is 4.39 Å². The second kappa shape index (κ2) is 6.76. The summed E-state index contributed by atoms with van der Waals surface area (Å²) in [6.07, 6.45) is 0. The quantitative estimate of drug-likeness (QED) is 0.885. The van der Waals surface area contributed by atoms with E-state index in [1.54, 1.807) is 18.2 Å². The van der Waals surface area contributed by atoms with Crippen LogP contribution in [0.5, 0.6) is 11.5 Å². The molecule has 0 saturated heterocycles. The molecule has 0 spiro atoms. The Morgan fingerprint density at radius 2 is 1.59 bits per heavy atom. The van der Waals surface area contributed by atoms with Crippen molar-refractivity contribution in [3.63, 3.8) is 0 Å². The zero-order chi connectivity index (χ0) is 16.2. The number of methoxy groups -OCH3 is 2. The van der Waals surface area contributed by atoms with E-state index in [0.29, 0.717) is 17.1 Å². The second-order valence-electron chi connectivity index (χ2n) is 4.40. The number of halogens is 1. The molecule has 0 amide bonds. The van der Waals surface area contributed by atoms with E-state index in [4.69, 9.17) is 9.47 Å². The molecule has 22 heavy (non-hydrogen) atoms. The first-order valence-electron chi connectivity index (χ1n) is 6.43. The molecule has 7 heteroatoms. The summed E-state index contributed by atoms with van der Waals surface area (Å²) in [5.74, 6) is 0.160. The Bertz CT molecular complexity index is 740. The summed E-state index contributed by atoms with van der Waals surface area (Å²) in [6, 6.07) is 10.3. The first-order chi connectivity index (χ1) is 10.5. The lowest BCUT2D eigenvalue weighted by Crippen LogP contribution is -2.24. The fourth-order valence-electron chi connectivity index (χ4n) is 2.01. The van der Waals surface area contributed by atoms with Crippen LogP contribution in [-0.4, -0.2) is 22.6 Å². The lowest BCUT2D eigenvalue weighted by molar-refractivity contribution is 0.384. The van der Waals surface area contributed by atoms with Crippen molar-refractivity contribution in [3.05, 3.63) is 53.8 Å². The van der Waals surface area contributed by atoms with Gasteiger partial charge in [-0.05, 0) is 24.3 Å². The third-order valence-electron chi connectivity index (χ3n) is 3.10. The number of ether oxygens (including phenoxy) is 2. The van der Waals surface area contributed by atoms with Gasteiger partial charge in [0, 0.05) is 6.54 Å². The highest BCUT2D eigenvalue weighted by molar-refractivity contribution is 7.89. The molecule has 0 saturated carbocycles. The molecular formula is C15H16FNO4S. The molecule has 1 N–H and O–H groups in total. The molecule has 2 aromatic carbocycles. The predicted octanol–water partition coefficient (Wildman–Crippen LogP) is 2.32. The summed E-state index contributed by atoms with van der Waals surface area (Å²) in [5, 5.41) is 0. The average molecular weight is 325 g/mol. The molecule has 0 aromatic heterocycles. The molecule has 2 aromatic rings. The Morgan fingerprint density at radius 1 is 1.00 bits per heavy atom. The summed E-state index contributed by atoms with van der Waals surface area (Å²) in [5.41, 5.74) is 0.535. The Kier molecular flexibility index (Phi) is 4.99. The van der Waals surface area contributed by atoms with Crippen LogP contribution in [0.25, 0.3) is 0 Å². The first-order valence-corrected chi connectivity index (χ1v) is 7.92. The van der Waals surface area contributed by atoms with E-state index >= 15 is 0 Å². The van der Waals surface area contributed by atoms with Crippen LogP contribution in [0.3, 0.4) is 0 Å². The fraction of sp³-hybridized carbons (Fsp3) is 0.200. The summed E-state index contributed by atoms with van der Waals surface area (Å²) >= 11 is 0. The number of hydrogen-bond acceptors (Lipinski definition) is 4. The van der Waals surface area contributed by atoms with Crippen LogP contribution in [0.15, 0.2) is 47.4 Å². The maximum absolute atomic E-state index is 13.6. The van der Waals surface area contributed by atoms with Gasteiger partial charge in [0.1, 0.15) is 22.2 Å². The molecule has 0 aliphatic carbocycles. The SMILES string of the molecule is COc1cccc(OC)c1CNS(=O)(=O)c1ccccc1F. The Morgan fingerprint density at radius 3 is 2.14 bits per heavy atom. The van der Waals surface area contributed by atoms with Crippen LogP contribution >= 0.6 is 0 Å². The third-order valence-corrected chi connectivity index (χ3v) is 4.53. The highest BCUT2D eigenvalue weighted by atomic mass is 32.2. The van der Waals surface area contributed by atoms with Crippen molar-refractivity contribution in [3.8, 4) is 11.5 Å². The smallest absolute Gasteiger partial charge is 0.243 e. The number of benzene rings is 2. The monoisotopic (exact) mass is 325 g/mol. The molecule has 0 fully saturated rings. The topological polar surface area (TPSA) is 64.6 Å². The van der Waals surface area contributed by atoms with Gasteiger partial charge < -0.3 is 9.47 Å². The minimum absolute atomic E-state index is 0.0795. The van der Waals surface area contributed by atoms with Gasteiger partial charge in [-0.2, -0.15) is 0 Å². The van der Waals surface area contributed by atoms with Crippen molar-refractivity contribution in [1.29, 1.82) is 0 Å². The lowest BCUT2D eigenvalue weighted by atomic mass is 10.2. The van der Waals surface area contributed by atoms with Crippen molar-refractivity contribution in [2.45, 2.75) is 11.4 Å². The van der Waals surface area contributed by atoms with Crippen molar-refractivity contribution >= 4 is 10.0 Å². The molecule has 0 unspecified atom stereocenters. The molecule has 0 heterocycles. The number of sulfonamides is 1. The van der Waals surface area contributed by atoms with Crippen molar-refractivity contribution in [2.24, 2.45) is 0 Å². The standard InChI is InChI=1S/C15H16FNO4S/c1-20-13-7-5-8-14(21-2)11(13)10-17-22(18,19)15-9-4-3-6-12(15)16/h3-9,17H,10H2,1-2H3. The van der Waals surface area contributed by atoms with E-state index in [1.807, 2.05) is 0 Å². The van der Waals surface area contributed by atoms with E-state index in [0.717, 1.165) is 6.07 Å². The Hall–Kier alpha value is -2.12. The lowest BCUT2D eigenvalue weighted by Gasteiger charge is -2.14. The molecule has 0 aliphatic heterocycles. The van der Waals surface area contributed by atoms with Gasteiger partial charge in [0.25, 0.3) is 0 Å². The van der Waals surface area contributed by atoms with Crippen LogP contribution in [0.1, 0.15) is 5.56 Å². The summed E-state index contributed by atoms with van der Waals surface area (Å²) in [6.45, 7) is -0.0795. The predicted molar refractivity (Wildman–Crippen MR) is 80.0 cm³/mol. The fourth-order valence-corrected chi connectivity index (χ4v) is 3.08. The van der Waals surface area contributed by atoms with Gasteiger partial charge in [-0.15, -0.1) is 0 Å². The molecule has 0 radical (unpaired) electrons. The maximum Gasteiger partial charge on any atom is 0.243 e. The van der Waals surface area contributed by atoms with E-state index in [2.05, 4.69) is 4.72 Å². The molecule has 2 rings (SSSR count). The molecular weight excluding hydrogens is 309 g/mol. The summed E-state index contributed by atoms with van der Waals surface area (Å²) in [4.78, 5) is -0.399. The Labute approximate surface area is 128 Å². The third kappa shape index (κ3) is 3.37. The van der Waals surface area contributed by atoms with Gasteiger partial charge in [0.15, 0.2) is 0 Å². The van der Waals surface area contributed by atoms with Crippen molar-refractivity contribution < 1.29 is 22.3 Å². The van der Waals surface area contributed by atoms with E-state index in [1.165, 1.54) is 32.4 Å². The van der Waals surface area contributed by atoms with E-state index < -0.39 is 20.7 Å². The van der Waals surface area contributed by atoms with Crippen LogP contribution < -0.4 is 14.2 Å². The zero-order valence-corrected chi connectivity index (χ0v) is 13.0. The second-order valence-corrected chi connectivity index (χ2v) is 6.13. The van der Waals surface area contributed by atoms with Gasteiger partial charge in [-0.3, -0.25) is 0 Å². The first kappa shape index (κ1) is 16.3. The molecule has 0 bridgehead atoms. The Balaban J connectivity index is 2.29. The van der Waals surface area contributed by atoms with Crippen LogP contribution in [0, 0.1) is 5.82 Å². The van der Waals surface area contributed by atoms with Gasteiger partial charge in [0.05, 0.1) is 19.8 Å². The number of rotatable bonds is 6. The maximum atomic E-state index is 13.6. The minimum atomic E-state index is -3.98. The number of nitrogens with one attached hydrogen (secondary N) is 1. The molecule has 0 aliphatic rings. The average Bonchev–Trinajstić information content (AvgIpc) is 2.52.